The molecule has 132 valence electrons. The Hall–Kier alpha value is -2.50. The van der Waals surface area contributed by atoms with Crippen LogP contribution in [0.3, 0.4) is 0 Å². The summed E-state index contributed by atoms with van der Waals surface area (Å²) in [7, 11) is 3.31. The fourth-order valence-corrected chi connectivity index (χ4v) is 2.96. The molecule has 3 rings (SSSR count). The van der Waals surface area contributed by atoms with Crippen LogP contribution in [-0.4, -0.2) is 32.3 Å². The van der Waals surface area contributed by atoms with E-state index >= 15 is 0 Å². The minimum atomic E-state index is 0.760. The minimum absolute atomic E-state index is 0.760. The van der Waals surface area contributed by atoms with Crippen LogP contribution in [0.1, 0.15) is 11.1 Å². The number of ether oxygens (including phenoxy) is 2. The van der Waals surface area contributed by atoms with Gasteiger partial charge in [-0.1, -0.05) is 24.3 Å². The number of H-pyrrole nitrogens is 1. The highest BCUT2D eigenvalue weighted by Gasteiger charge is 2.04. The molecule has 0 saturated carbocycles. The van der Waals surface area contributed by atoms with E-state index in [0.717, 1.165) is 37.4 Å². The Morgan fingerprint density at radius 3 is 2.44 bits per heavy atom. The van der Waals surface area contributed by atoms with Crippen molar-refractivity contribution in [1.29, 1.82) is 0 Å². The standard InChI is InChI=1S/C20H25N3O2/c1-24-19-8-7-15(13-20(19)25-2)9-11-22-23-12-10-16-14-21-18-6-4-3-5-17(16)18/h3-8,13-14,21-23H,9-12H2,1-2H3. The Balaban J connectivity index is 1.40. The molecule has 0 unspecified atom stereocenters. The second kappa shape index (κ2) is 8.55. The van der Waals surface area contributed by atoms with Gasteiger partial charge in [0.1, 0.15) is 0 Å². The van der Waals surface area contributed by atoms with Crippen molar-refractivity contribution in [2.45, 2.75) is 12.8 Å². The highest BCUT2D eigenvalue weighted by Crippen LogP contribution is 2.27. The molecule has 25 heavy (non-hydrogen) atoms. The number of hydrogen-bond acceptors (Lipinski definition) is 4. The minimum Gasteiger partial charge on any atom is -0.493 e. The largest absolute Gasteiger partial charge is 0.493 e. The Morgan fingerprint density at radius 1 is 0.880 bits per heavy atom. The maximum absolute atomic E-state index is 5.33. The van der Waals surface area contributed by atoms with E-state index in [4.69, 9.17) is 9.47 Å². The molecule has 2 aromatic carbocycles. The van der Waals surface area contributed by atoms with Crippen molar-refractivity contribution in [2.75, 3.05) is 27.3 Å². The van der Waals surface area contributed by atoms with E-state index in [1.165, 1.54) is 22.0 Å². The van der Waals surface area contributed by atoms with Gasteiger partial charge in [0.15, 0.2) is 11.5 Å². The zero-order chi connectivity index (χ0) is 17.5. The monoisotopic (exact) mass is 339 g/mol. The topological polar surface area (TPSA) is 58.3 Å². The molecule has 1 heterocycles. The van der Waals surface area contributed by atoms with Crippen LogP contribution in [-0.2, 0) is 12.8 Å². The Kier molecular flexibility index (Phi) is 5.93. The molecule has 3 N–H and O–H groups in total. The summed E-state index contributed by atoms with van der Waals surface area (Å²) in [6.45, 7) is 1.73. The molecule has 0 saturated heterocycles. The first-order chi connectivity index (χ1) is 12.3. The lowest BCUT2D eigenvalue weighted by atomic mass is 10.1. The quantitative estimate of drug-likeness (QED) is 0.414. The lowest BCUT2D eigenvalue weighted by Gasteiger charge is -2.10. The molecule has 0 amide bonds. The van der Waals surface area contributed by atoms with Gasteiger partial charge < -0.3 is 14.5 Å². The summed E-state index contributed by atoms with van der Waals surface area (Å²) in [6, 6.07) is 14.4. The average molecular weight is 339 g/mol. The lowest BCUT2D eigenvalue weighted by Crippen LogP contribution is -2.34. The van der Waals surface area contributed by atoms with Crippen LogP contribution >= 0.6 is 0 Å². The van der Waals surface area contributed by atoms with E-state index in [2.05, 4.69) is 52.4 Å². The number of hydrogen-bond donors (Lipinski definition) is 3. The normalized spacial score (nSPS) is 11.0. The van der Waals surface area contributed by atoms with E-state index < -0.39 is 0 Å². The summed E-state index contributed by atoms with van der Waals surface area (Å²) >= 11 is 0. The first kappa shape index (κ1) is 17.3. The third-order valence-electron chi connectivity index (χ3n) is 4.31. The number of rotatable bonds is 9. The summed E-state index contributed by atoms with van der Waals surface area (Å²) in [4.78, 5) is 3.31. The van der Waals surface area contributed by atoms with Crippen LogP contribution < -0.4 is 20.3 Å². The number of methoxy groups -OCH3 is 2. The van der Waals surface area contributed by atoms with Crippen LogP contribution in [0.25, 0.3) is 10.9 Å². The summed E-state index contributed by atoms with van der Waals surface area (Å²) in [5, 5.41) is 1.30. The Bertz CT molecular complexity index is 814. The van der Waals surface area contributed by atoms with E-state index in [9.17, 15) is 0 Å². The molecule has 0 radical (unpaired) electrons. The molecule has 5 heteroatoms. The molecular formula is C20H25N3O2. The van der Waals surface area contributed by atoms with E-state index in [1.807, 2.05) is 12.1 Å². The molecule has 0 aliphatic heterocycles. The van der Waals surface area contributed by atoms with Crippen molar-refractivity contribution in [3.63, 3.8) is 0 Å². The van der Waals surface area contributed by atoms with E-state index in [1.54, 1.807) is 14.2 Å². The van der Waals surface area contributed by atoms with Gasteiger partial charge in [0.25, 0.3) is 0 Å². The van der Waals surface area contributed by atoms with Crippen molar-refractivity contribution in [3.8, 4) is 11.5 Å². The molecular weight excluding hydrogens is 314 g/mol. The van der Waals surface area contributed by atoms with Crippen LogP contribution in [0.4, 0.5) is 0 Å². The maximum atomic E-state index is 5.33. The van der Waals surface area contributed by atoms with Gasteiger partial charge in [-0.2, -0.15) is 0 Å². The molecule has 0 aliphatic carbocycles. The van der Waals surface area contributed by atoms with Crippen molar-refractivity contribution < 1.29 is 9.47 Å². The summed E-state index contributed by atoms with van der Waals surface area (Å²) < 4.78 is 10.6. The lowest BCUT2D eigenvalue weighted by molar-refractivity contribution is 0.354. The fraction of sp³-hybridized carbons (Fsp3) is 0.300. The van der Waals surface area contributed by atoms with Gasteiger partial charge in [-0.05, 0) is 42.2 Å². The molecule has 3 aromatic rings. The highest BCUT2D eigenvalue weighted by atomic mass is 16.5. The number of hydrazine groups is 1. The van der Waals surface area contributed by atoms with Gasteiger partial charge in [-0.3, -0.25) is 10.9 Å². The first-order valence-electron chi connectivity index (χ1n) is 8.53. The molecule has 0 aliphatic rings. The zero-order valence-electron chi connectivity index (χ0n) is 14.8. The van der Waals surface area contributed by atoms with Crippen LogP contribution in [0.2, 0.25) is 0 Å². The molecule has 0 bridgehead atoms. The van der Waals surface area contributed by atoms with Crippen molar-refractivity contribution >= 4 is 10.9 Å². The Morgan fingerprint density at radius 2 is 1.64 bits per heavy atom. The maximum Gasteiger partial charge on any atom is 0.160 e. The van der Waals surface area contributed by atoms with Gasteiger partial charge in [0, 0.05) is 30.2 Å². The van der Waals surface area contributed by atoms with Crippen LogP contribution in [0, 0.1) is 0 Å². The second-order valence-electron chi connectivity index (χ2n) is 5.90. The third-order valence-corrected chi connectivity index (χ3v) is 4.31. The SMILES string of the molecule is COc1ccc(CCNNCCc2c[nH]c3ccccc23)cc1OC. The van der Waals surface area contributed by atoms with Crippen LogP contribution in [0.15, 0.2) is 48.7 Å². The number of fused-ring (bicyclic) bond motifs is 1. The van der Waals surface area contributed by atoms with E-state index in [-0.39, 0.29) is 0 Å². The molecule has 1 aromatic heterocycles. The summed E-state index contributed by atoms with van der Waals surface area (Å²) in [5.74, 6) is 1.53. The van der Waals surface area contributed by atoms with Crippen molar-refractivity contribution in [2.24, 2.45) is 0 Å². The Labute approximate surface area is 148 Å². The highest BCUT2D eigenvalue weighted by molar-refractivity contribution is 5.83. The fourth-order valence-electron chi connectivity index (χ4n) is 2.96. The molecule has 0 fully saturated rings. The number of aromatic nitrogens is 1. The molecule has 5 nitrogen and oxygen atoms in total. The van der Waals surface area contributed by atoms with Crippen molar-refractivity contribution in [3.05, 3.63) is 59.8 Å². The first-order valence-corrected chi connectivity index (χ1v) is 8.53. The molecule has 0 atom stereocenters. The smallest absolute Gasteiger partial charge is 0.160 e. The van der Waals surface area contributed by atoms with Crippen LogP contribution in [0.5, 0.6) is 11.5 Å². The predicted molar refractivity (Wildman–Crippen MR) is 101 cm³/mol. The summed E-state index contributed by atoms with van der Waals surface area (Å²) in [5.41, 5.74) is 10.3. The average Bonchev–Trinajstić information content (AvgIpc) is 3.07. The van der Waals surface area contributed by atoms with Gasteiger partial charge in [-0.15, -0.1) is 0 Å². The van der Waals surface area contributed by atoms with Gasteiger partial charge >= 0.3 is 0 Å². The predicted octanol–water partition coefficient (Wildman–Crippen LogP) is 3.06. The molecule has 0 spiro atoms. The van der Waals surface area contributed by atoms with E-state index in [0.29, 0.717) is 0 Å². The van der Waals surface area contributed by atoms with Crippen molar-refractivity contribution in [1.82, 2.24) is 15.8 Å². The third kappa shape index (κ3) is 4.32. The van der Waals surface area contributed by atoms with Gasteiger partial charge in [0.05, 0.1) is 14.2 Å². The summed E-state index contributed by atoms with van der Waals surface area (Å²) in [6.07, 6.45) is 3.99. The van der Waals surface area contributed by atoms with Gasteiger partial charge in [-0.25, -0.2) is 0 Å². The number of para-hydroxylation sites is 1. The second-order valence-corrected chi connectivity index (χ2v) is 5.90. The zero-order valence-corrected chi connectivity index (χ0v) is 14.8. The number of aromatic amines is 1. The van der Waals surface area contributed by atoms with Gasteiger partial charge in [0.2, 0.25) is 0 Å². The number of benzene rings is 2. The number of nitrogens with one attached hydrogen (secondary N) is 3.